The van der Waals surface area contributed by atoms with Crippen molar-refractivity contribution in [2.45, 2.75) is 13.5 Å². The number of aryl methyl sites for hydroxylation is 1. The Morgan fingerprint density at radius 1 is 1.46 bits per heavy atom. The highest BCUT2D eigenvalue weighted by Crippen LogP contribution is 2.16. The number of hydrogen-bond donors (Lipinski definition) is 2. The van der Waals surface area contributed by atoms with Gasteiger partial charge in [0.25, 0.3) is 0 Å². The van der Waals surface area contributed by atoms with Gasteiger partial charge < -0.3 is 11.5 Å². The molecule has 0 heterocycles. The Morgan fingerprint density at radius 2 is 2.15 bits per heavy atom. The highest BCUT2D eigenvalue weighted by atomic mass is 79.9. The summed E-state index contributed by atoms with van der Waals surface area (Å²) in [6.45, 7) is 2.57. The van der Waals surface area contributed by atoms with Crippen LogP contribution in [0.15, 0.2) is 27.7 Å². The summed E-state index contributed by atoms with van der Waals surface area (Å²) in [5.74, 6) is 0.124. The number of halogens is 1. The molecule has 70 valence electrons. The topological polar surface area (TPSA) is 64.4 Å². The Morgan fingerprint density at radius 3 is 2.77 bits per heavy atom. The largest absolute Gasteiger partial charge is 0.370 e. The van der Waals surface area contributed by atoms with Gasteiger partial charge in [-0.25, -0.2) is 4.99 Å². The highest BCUT2D eigenvalue weighted by molar-refractivity contribution is 9.10. The molecule has 0 spiro atoms. The maximum Gasteiger partial charge on any atom is 0.186 e. The van der Waals surface area contributed by atoms with E-state index in [2.05, 4.69) is 20.9 Å². The normalized spacial score (nSPS) is 9.69. The van der Waals surface area contributed by atoms with Crippen LogP contribution in [0.5, 0.6) is 0 Å². The van der Waals surface area contributed by atoms with Crippen molar-refractivity contribution in [3.8, 4) is 0 Å². The molecular formula is C9H12BrN3. The molecule has 0 atom stereocenters. The van der Waals surface area contributed by atoms with E-state index >= 15 is 0 Å². The zero-order chi connectivity index (χ0) is 9.84. The first kappa shape index (κ1) is 10.1. The fourth-order valence-electron chi connectivity index (χ4n) is 0.987. The molecule has 13 heavy (non-hydrogen) atoms. The average molecular weight is 242 g/mol. The van der Waals surface area contributed by atoms with E-state index in [0.29, 0.717) is 6.54 Å². The monoisotopic (exact) mass is 241 g/mol. The van der Waals surface area contributed by atoms with Crippen molar-refractivity contribution in [2.24, 2.45) is 16.5 Å². The van der Waals surface area contributed by atoms with Crippen LogP contribution in [-0.4, -0.2) is 5.96 Å². The zero-order valence-corrected chi connectivity index (χ0v) is 9.01. The van der Waals surface area contributed by atoms with Crippen molar-refractivity contribution < 1.29 is 0 Å². The summed E-state index contributed by atoms with van der Waals surface area (Å²) in [6, 6.07) is 6.04. The Balaban J connectivity index is 2.87. The third-order valence-corrected chi connectivity index (χ3v) is 2.24. The van der Waals surface area contributed by atoms with E-state index in [4.69, 9.17) is 11.5 Å². The van der Waals surface area contributed by atoms with Crippen molar-refractivity contribution in [3.63, 3.8) is 0 Å². The molecule has 0 saturated carbocycles. The van der Waals surface area contributed by atoms with Gasteiger partial charge in [-0.05, 0) is 30.2 Å². The fraction of sp³-hybridized carbons (Fsp3) is 0.222. The van der Waals surface area contributed by atoms with Crippen LogP contribution < -0.4 is 11.5 Å². The summed E-state index contributed by atoms with van der Waals surface area (Å²) in [7, 11) is 0. The van der Waals surface area contributed by atoms with Crippen molar-refractivity contribution in [1.29, 1.82) is 0 Å². The molecule has 0 aromatic heterocycles. The van der Waals surface area contributed by atoms with Crippen molar-refractivity contribution in [3.05, 3.63) is 33.8 Å². The van der Waals surface area contributed by atoms with Crippen LogP contribution in [0.2, 0.25) is 0 Å². The number of benzene rings is 1. The van der Waals surface area contributed by atoms with Crippen LogP contribution in [0.3, 0.4) is 0 Å². The van der Waals surface area contributed by atoms with Crippen molar-refractivity contribution >= 4 is 21.9 Å². The van der Waals surface area contributed by atoms with Crippen LogP contribution in [0, 0.1) is 6.92 Å². The number of hydrogen-bond acceptors (Lipinski definition) is 1. The van der Waals surface area contributed by atoms with E-state index in [1.165, 1.54) is 5.56 Å². The van der Waals surface area contributed by atoms with Gasteiger partial charge in [0.05, 0.1) is 6.54 Å². The lowest BCUT2D eigenvalue weighted by Gasteiger charge is -2.02. The fourth-order valence-corrected chi connectivity index (χ4v) is 1.40. The first-order valence-electron chi connectivity index (χ1n) is 3.90. The van der Waals surface area contributed by atoms with E-state index in [0.717, 1.165) is 10.0 Å². The minimum absolute atomic E-state index is 0.124. The molecule has 1 rings (SSSR count). The summed E-state index contributed by atoms with van der Waals surface area (Å²) in [6.07, 6.45) is 0. The number of aliphatic imine (C=N–C) groups is 1. The molecule has 1 aromatic carbocycles. The van der Waals surface area contributed by atoms with E-state index in [1.54, 1.807) is 0 Å². The lowest BCUT2D eigenvalue weighted by atomic mass is 10.1. The first-order chi connectivity index (χ1) is 6.09. The molecule has 4 heteroatoms. The van der Waals surface area contributed by atoms with Crippen molar-refractivity contribution in [1.82, 2.24) is 0 Å². The Labute approximate surface area is 86.0 Å². The second kappa shape index (κ2) is 4.28. The quantitative estimate of drug-likeness (QED) is 0.610. The van der Waals surface area contributed by atoms with Gasteiger partial charge in [-0.3, -0.25) is 0 Å². The van der Waals surface area contributed by atoms with E-state index < -0.39 is 0 Å². The standard InChI is InChI=1S/C9H12BrN3/c1-6-2-3-8(10)4-7(6)5-13-9(11)12/h2-4H,5H2,1H3,(H4,11,12,13). The second-order valence-corrected chi connectivity index (χ2v) is 3.73. The van der Waals surface area contributed by atoms with E-state index in [1.807, 2.05) is 25.1 Å². The zero-order valence-electron chi connectivity index (χ0n) is 7.42. The molecule has 1 aromatic rings. The Kier molecular flexibility index (Phi) is 3.31. The maximum atomic E-state index is 5.24. The summed E-state index contributed by atoms with van der Waals surface area (Å²) in [5, 5.41) is 0. The molecule has 4 N–H and O–H groups in total. The molecule has 0 amide bonds. The Hall–Kier alpha value is -1.03. The summed E-state index contributed by atoms with van der Waals surface area (Å²) in [4.78, 5) is 3.95. The molecule has 0 saturated heterocycles. The highest BCUT2D eigenvalue weighted by Gasteiger charge is 1.97. The van der Waals surface area contributed by atoms with Crippen LogP contribution in [0.25, 0.3) is 0 Å². The number of guanidine groups is 1. The molecule has 0 aliphatic rings. The average Bonchev–Trinajstić information content (AvgIpc) is 2.06. The summed E-state index contributed by atoms with van der Waals surface area (Å²) in [5.41, 5.74) is 12.8. The summed E-state index contributed by atoms with van der Waals surface area (Å²) < 4.78 is 1.04. The van der Waals surface area contributed by atoms with Crippen LogP contribution in [0.1, 0.15) is 11.1 Å². The van der Waals surface area contributed by atoms with Gasteiger partial charge in [-0.15, -0.1) is 0 Å². The Bertz CT molecular complexity index is 330. The van der Waals surface area contributed by atoms with Crippen LogP contribution in [-0.2, 0) is 6.54 Å². The smallest absolute Gasteiger partial charge is 0.186 e. The first-order valence-corrected chi connectivity index (χ1v) is 4.69. The van der Waals surface area contributed by atoms with Crippen molar-refractivity contribution in [2.75, 3.05) is 0 Å². The van der Waals surface area contributed by atoms with E-state index in [-0.39, 0.29) is 5.96 Å². The molecule has 0 unspecified atom stereocenters. The third-order valence-electron chi connectivity index (χ3n) is 1.74. The van der Waals surface area contributed by atoms with Gasteiger partial charge >= 0.3 is 0 Å². The number of rotatable bonds is 2. The van der Waals surface area contributed by atoms with Gasteiger partial charge in [-0.1, -0.05) is 22.0 Å². The minimum Gasteiger partial charge on any atom is -0.370 e. The maximum absolute atomic E-state index is 5.24. The number of nitrogens with zero attached hydrogens (tertiary/aromatic N) is 1. The van der Waals surface area contributed by atoms with Crippen LogP contribution in [0.4, 0.5) is 0 Å². The van der Waals surface area contributed by atoms with Gasteiger partial charge in [0.1, 0.15) is 0 Å². The second-order valence-electron chi connectivity index (χ2n) is 2.81. The number of nitrogens with two attached hydrogens (primary N) is 2. The lowest BCUT2D eigenvalue weighted by molar-refractivity contribution is 1.03. The third kappa shape index (κ3) is 3.06. The molecule has 0 aliphatic heterocycles. The molecule has 3 nitrogen and oxygen atoms in total. The molecule has 0 aliphatic carbocycles. The van der Waals surface area contributed by atoms with Gasteiger partial charge in [0.15, 0.2) is 5.96 Å². The molecule has 0 radical (unpaired) electrons. The predicted molar refractivity (Wildman–Crippen MR) is 58.4 cm³/mol. The predicted octanol–water partition coefficient (Wildman–Crippen LogP) is 1.53. The van der Waals surface area contributed by atoms with Gasteiger partial charge in [-0.2, -0.15) is 0 Å². The molecular weight excluding hydrogens is 230 g/mol. The molecule has 0 bridgehead atoms. The van der Waals surface area contributed by atoms with Gasteiger partial charge in [0.2, 0.25) is 0 Å². The van der Waals surface area contributed by atoms with Crippen LogP contribution >= 0.6 is 15.9 Å². The SMILES string of the molecule is Cc1ccc(Br)cc1CN=C(N)N. The van der Waals surface area contributed by atoms with E-state index in [9.17, 15) is 0 Å². The molecule has 0 fully saturated rings. The lowest BCUT2D eigenvalue weighted by Crippen LogP contribution is -2.22. The summed E-state index contributed by atoms with van der Waals surface area (Å²) >= 11 is 3.39. The van der Waals surface area contributed by atoms with Gasteiger partial charge in [0, 0.05) is 4.47 Å². The minimum atomic E-state index is 0.124.